The highest BCUT2D eigenvalue weighted by Gasteiger charge is 2.38. The monoisotopic (exact) mass is 309 g/mol. The molecule has 6 heteroatoms. The fraction of sp³-hybridized carbons (Fsp3) is 0.733. The van der Waals surface area contributed by atoms with Crippen LogP contribution in [0.2, 0.25) is 5.15 Å². The SMILES string of the molecule is O[C@@H]1CCCC[C@H]1Nc1nnc(Cl)c2c1C1CCC(C2)O1. The summed E-state index contributed by atoms with van der Waals surface area (Å²) in [6.45, 7) is 0. The van der Waals surface area contributed by atoms with E-state index in [-0.39, 0.29) is 24.4 Å². The lowest BCUT2D eigenvalue weighted by molar-refractivity contribution is 0.0322. The van der Waals surface area contributed by atoms with Crippen LogP contribution < -0.4 is 5.32 Å². The second-order valence-corrected chi connectivity index (χ2v) is 6.72. The van der Waals surface area contributed by atoms with E-state index in [1.54, 1.807) is 0 Å². The van der Waals surface area contributed by atoms with Crippen molar-refractivity contribution < 1.29 is 9.84 Å². The number of nitrogens with one attached hydrogen (secondary N) is 1. The number of fused-ring (bicyclic) bond motifs is 4. The summed E-state index contributed by atoms with van der Waals surface area (Å²) in [4.78, 5) is 0. The fourth-order valence-electron chi connectivity index (χ4n) is 3.86. The molecule has 1 saturated heterocycles. The molecule has 4 atom stereocenters. The Morgan fingerprint density at radius 1 is 1.14 bits per heavy atom. The predicted octanol–water partition coefficient (Wildman–Crippen LogP) is 2.62. The van der Waals surface area contributed by atoms with Gasteiger partial charge in [0.15, 0.2) is 11.0 Å². The molecule has 1 aliphatic carbocycles. The zero-order valence-corrected chi connectivity index (χ0v) is 12.6. The summed E-state index contributed by atoms with van der Waals surface area (Å²) in [6.07, 6.45) is 7.00. The van der Waals surface area contributed by atoms with E-state index in [2.05, 4.69) is 15.5 Å². The number of rotatable bonds is 2. The Hall–Kier alpha value is -0.910. The first-order valence-corrected chi connectivity index (χ1v) is 8.25. The quantitative estimate of drug-likeness (QED) is 0.879. The lowest BCUT2D eigenvalue weighted by atomic mass is 9.92. The van der Waals surface area contributed by atoms with Gasteiger partial charge in [-0.05, 0) is 25.7 Å². The second-order valence-electron chi connectivity index (χ2n) is 6.36. The molecule has 0 radical (unpaired) electrons. The number of anilines is 1. The summed E-state index contributed by atoms with van der Waals surface area (Å²) in [5, 5.41) is 22.4. The zero-order chi connectivity index (χ0) is 14.4. The van der Waals surface area contributed by atoms with Gasteiger partial charge in [0.1, 0.15) is 0 Å². The van der Waals surface area contributed by atoms with Crippen molar-refractivity contribution in [2.24, 2.45) is 0 Å². The van der Waals surface area contributed by atoms with Crippen molar-refractivity contribution in [3.63, 3.8) is 0 Å². The number of nitrogens with zero attached hydrogens (tertiary/aromatic N) is 2. The molecule has 4 rings (SSSR count). The molecule has 0 amide bonds. The first-order chi connectivity index (χ1) is 10.2. The number of hydrogen-bond acceptors (Lipinski definition) is 5. The third-order valence-electron chi connectivity index (χ3n) is 4.98. The van der Waals surface area contributed by atoms with Gasteiger partial charge >= 0.3 is 0 Å². The highest BCUT2D eigenvalue weighted by atomic mass is 35.5. The van der Waals surface area contributed by atoms with Crippen molar-refractivity contribution in [3.8, 4) is 0 Å². The standard InChI is InChI=1S/C15H20ClN3O2/c16-14-9-7-8-5-6-12(21-8)13(9)15(19-18-14)17-10-3-1-2-4-11(10)20/h8,10-12,20H,1-7H2,(H,17,19)/t8?,10-,11-,12?/m1/s1. The Morgan fingerprint density at radius 3 is 2.86 bits per heavy atom. The minimum Gasteiger partial charge on any atom is -0.391 e. The van der Waals surface area contributed by atoms with Gasteiger partial charge in [0, 0.05) is 17.5 Å². The van der Waals surface area contributed by atoms with Crippen LogP contribution in [0.4, 0.5) is 5.82 Å². The molecular weight excluding hydrogens is 290 g/mol. The average molecular weight is 310 g/mol. The largest absolute Gasteiger partial charge is 0.391 e. The normalized spacial score (nSPS) is 34.6. The molecule has 1 aromatic rings. The minimum atomic E-state index is -0.312. The molecule has 2 unspecified atom stereocenters. The molecule has 0 spiro atoms. The molecule has 2 bridgehead atoms. The minimum absolute atomic E-state index is 0.0532. The molecule has 5 nitrogen and oxygen atoms in total. The third kappa shape index (κ3) is 2.41. The summed E-state index contributed by atoms with van der Waals surface area (Å²) >= 11 is 6.24. The molecule has 2 N–H and O–H groups in total. The van der Waals surface area contributed by atoms with E-state index in [9.17, 15) is 5.11 Å². The van der Waals surface area contributed by atoms with Crippen molar-refractivity contribution in [3.05, 3.63) is 16.3 Å². The van der Waals surface area contributed by atoms with E-state index >= 15 is 0 Å². The lowest BCUT2D eigenvalue weighted by Crippen LogP contribution is -2.37. The summed E-state index contributed by atoms with van der Waals surface area (Å²) in [5.74, 6) is 0.755. The van der Waals surface area contributed by atoms with Gasteiger partial charge in [-0.25, -0.2) is 0 Å². The molecule has 21 heavy (non-hydrogen) atoms. The topological polar surface area (TPSA) is 67.3 Å². The number of halogens is 1. The Labute approximate surface area is 129 Å². The molecular formula is C15H20ClN3O2. The van der Waals surface area contributed by atoms with E-state index in [4.69, 9.17) is 16.3 Å². The van der Waals surface area contributed by atoms with Crippen LogP contribution in [0, 0.1) is 0 Å². The predicted molar refractivity (Wildman–Crippen MR) is 79.5 cm³/mol. The first-order valence-electron chi connectivity index (χ1n) is 7.87. The van der Waals surface area contributed by atoms with Gasteiger partial charge in [-0.3, -0.25) is 0 Å². The molecule has 3 heterocycles. The van der Waals surface area contributed by atoms with Gasteiger partial charge in [0.25, 0.3) is 0 Å². The van der Waals surface area contributed by atoms with Crippen LogP contribution in [0.15, 0.2) is 0 Å². The summed E-state index contributed by atoms with van der Waals surface area (Å²) in [6, 6.07) is 0.0532. The maximum Gasteiger partial charge on any atom is 0.155 e. The Balaban J connectivity index is 1.67. The van der Waals surface area contributed by atoms with E-state index in [0.717, 1.165) is 61.9 Å². The zero-order valence-electron chi connectivity index (χ0n) is 11.9. The van der Waals surface area contributed by atoms with Crippen molar-refractivity contribution in [2.45, 2.75) is 69.3 Å². The molecule has 3 aliphatic rings. The molecule has 2 aliphatic heterocycles. The van der Waals surface area contributed by atoms with Crippen LogP contribution in [0.5, 0.6) is 0 Å². The summed E-state index contributed by atoms with van der Waals surface area (Å²) < 4.78 is 6.01. The lowest BCUT2D eigenvalue weighted by Gasteiger charge is -2.31. The van der Waals surface area contributed by atoms with E-state index in [1.807, 2.05) is 0 Å². The summed E-state index contributed by atoms with van der Waals surface area (Å²) in [7, 11) is 0. The van der Waals surface area contributed by atoms with Gasteiger partial charge in [-0.15, -0.1) is 10.2 Å². The van der Waals surface area contributed by atoms with Gasteiger partial charge in [-0.1, -0.05) is 24.4 Å². The fourth-order valence-corrected chi connectivity index (χ4v) is 4.08. The van der Waals surface area contributed by atoms with Gasteiger partial charge in [-0.2, -0.15) is 0 Å². The summed E-state index contributed by atoms with van der Waals surface area (Å²) in [5.41, 5.74) is 2.15. The Morgan fingerprint density at radius 2 is 2.00 bits per heavy atom. The number of ether oxygens (including phenoxy) is 1. The molecule has 1 saturated carbocycles. The van der Waals surface area contributed by atoms with Crippen LogP contribution in [0.1, 0.15) is 55.8 Å². The molecule has 0 aromatic carbocycles. The second kappa shape index (κ2) is 5.38. The van der Waals surface area contributed by atoms with E-state index in [1.165, 1.54) is 0 Å². The third-order valence-corrected chi connectivity index (χ3v) is 5.28. The van der Waals surface area contributed by atoms with Crippen LogP contribution in [0.25, 0.3) is 0 Å². The van der Waals surface area contributed by atoms with Crippen molar-refractivity contribution in [1.29, 1.82) is 0 Å². The number of hydrogen-bond donors (Lipinski definition) is 2. The highest BCUT2D eigenvalue weighted by molar-refractivity contribution is 6.30. The number of aromatic nitrogens is 2. The highest BCUT2D eigenvalue weighted by Crippen LogP contribution is 2.45. The van der Waals surface area contributed by atoms with Gasteiger partial charge in [0.05, 0.1) is 24.4 Å². The molecule has 1 aromatic heterocycles. The van der Waals surface area contributed by atoms with Crippen molar-refractivity contribution >= 4 is 17.4 Å². The van der Waals surface area contributed by atoms with Crippen molar-refractivity contribution in [1.82, 2.24) is 10.2 Å². The maximum atomic E-state index is 10.2. The van der Waals surface area contributed by atoms with E-state index in [0.29, 0.717) is 5.15 Å². The average Bonchev–Trinajstić information content (AvgIpc) is 2.86. The van der Waals surface area contributed by atoms with Gasteiger partial charge in [0.2, 0.25) is 0 Å². The smallest absolute Gasteiger partial charge is 0.155 e. The van der Waals surface area contributed by atoms with Crippen LogP contribution in [0.3, 0.4) is 0 Å². The van der Waals surface area contributed by atoms with E-state index < -0.39 is 0 Å². The molecule has 114 valence electrons. The van der Waals surface area contributed by atoms with Crippen LogP contribution in [-0.4, -0.2) is 33.6 Å². The maximum absolute atomic E-state index is 10.2. The Kier molecular flexibility index (Phi) is 3.52. The van der Waals surface area contributed by atoms with Crippen LogP contribution in [-0.2, 0) is 11.2 Å². The Bertz CT molecular complexity index is 554. The van der Waals surface area contributed by atoms with Crippen LogP contribution >= 0.6 is 11.6 Å². The molecule has 2 fully saturated rings. The van der Waals surface area contributed by atoms with Crippen molar-refractivity contribution in [2.75, 3.05) is 5.32 Å². The number of aliphatic hydroxyl groups is 1. The first kappa shape index (κ1) is 13.7. The van der Waals surface area contributed by atoms with Gasteiger partial charge < -0.3 is 15.2 Å². The number of aliphatic hydroxyl groups excluding tert-OH is 1.